The molecule has 0 unspecified atom stereocenters. The Morgan fingerprint density at radius 2 is 2.08 bits per heavy atom. The molecule has 1 aromatic carbocycles. The average molecular weight is 345 g/mol. The van der Waals surface area contributed by atoms with Gasteiger partial charge in [-0.25, -0.2) is 4.79 Å². The predicted octanol–water partition coefficient (Wildman–Crippen LogP) is 1.20. The van der Waals surface area contributed by atoms with E-state index in [1.54, 1.807) is 36.9 Å². The summed E-state index contributed by atoms with van der Waals surface area (Å²) in [4.78, 5) is 14.5. The number of piperidine rings is 1. The number of anilines is 1. The molecule has 9 nitrogen and oxygen atoms in total. The Morgan fingerprint density at radius 1 is 1.32 bits per heavy atom. The van der Waals surface area contributed by atoms with Gasteiger partial charge in [-0.1, -0.05) is 0 Å². The second-order valence-electron chi connectivity index (χ2n) is 6.20. The van der Waals surface area contributed by atoms with Crippen molar-refractivity contribution in [3.8, 4) is 11.4 Å². The van der Waals surface area contributed by atoms with Crippen LogP contribution >= 0.6 is 0 Å². The number of tetrazole rings is 1. The molecule has 0 radical (unpaired) electrons. The molecule has 1 aromatic heterocycles. The Morgan fingerprint density at radius 3 is 2.72 bits per heavy atom. The fraction of sp³-hybridized carbons (Fsp3) is 0.500. The fourth-order valence-electron chi connectivity index (χ4n) is 2.89. The van der Waals surface area contributed by atoms with E-state index in [1.165, 1.54) is 0 Å². The molecule has 0 aliphatic carbocycles. The number of amides is 2. The van der Waals surface area contributed by atoms with Gasteiger partial charge in [-0.2, -0.15) is 4.68 Å². The van der Waals surface area contributed by atoms with Crippen LogP contribution < -0.4 is 15.4 Å². The average Bonchev–Trinajstić information content (AvgIpc) is 3.02. The maximum Gasteiger partial charge on any atom is 0.319 e. The van der Waals surface area contributed by atoms with E-state index >= 15 is 0 Å². The van der Waals surface area contributed by atoms with Gasteiger partial charge in [0.25, 0.3) is 0 Å². The molecule has 0 atom stereocenters. The lowest BCUT2D eigenvalue weighted by molar-refractivity contribution is 0.221. The standard InChI is InChI=1S/C16H23N7O2/c1-11-19-20-21-23(11)14-10-13(4-5-15(14)25-3)18-16(24)17-12-6-8-22(2)9-7-12/h4-5,10,12H,6-9H2,1-3H3,(H2,17,18,24). The van der Waals surface area contributed by atoms with Crippen molar-refractivity contribution in [2.45, 2.75) is 25.8 Å². The number of urea groups is 1. The van der Waals surface area contributed by atoms with Crippen LogP contribution in [0.1, 0.15) is 18.7 Å². The molecule has 1 fully saturated rings. The zero-order valence-electron chi connectivity index (χ0n) is 14.7. The molecule has 0 bridgehead atoms. The largest absolute Gasteiger partial charge is 0.494 e. The topological polar surface area (TPSA) is 97.2 Å². The lowest BCUT2D eigenvalue weighted by Gasteiger charge is -2.29. The van der Waals surface area contributed by atoms with Crippen molar-refractivity contribution in [1.29, 1.82) is 0 Å². The number of carbonyl (C=O) groups is 1. The third kappa shape index (κ3) is 4.05. The van der Waals surface area contributed by atoms with Gasteiger partial charge in [-0.05, 0) is 68.5 Å². The number of hydrogen-bond donors (Lipinski definition) is 2. The van der Waals surface area contributed by atoms with E-state index in [0.717, 1.165) is 25.9 Å². The summed E-state index contributed by atoms with van der Waals surface area (Å²) in [7, 11) is 3.68. The van der Waals surface area contributed by atoms with E-state index in [0.29, 0.717) is 22.9 Å². The monoisotopic (exact) mass is 345 g/mol. The maximum atomic E-state index is 12.3. The van der Waals surface area contributed by atoms with E-state index in [1.807, 2.05) is 0 Å². The number of aromatic nitrogens is 4. The maximum absolute atomic E-state index is 12.3. The van der Waals surface area contributed by atoms with Crippen LogP contribution in [-0.4, -0.2) is 64.4 Å². The molecule has 1 saturated heterocycles. The Kier molecular flexibility index (Phi) is 5.13. The summed E-state index contributed by atoms with van der Waals surface area (Å²) >= 11 is 0. The Bertz CT molecular complexity index is 738. The van der Waals surface area contributed by atoms with Crippen LogP contribution in [-0.2, 0) is 0 Å². The van der Waals surface area contributed by atoms with E-state index in [2.05, 4.69) is 38.1 Å². The highest BCUT2D eigenvalue weighted by Crippen LogP contribution is 2.26. The molecule has 134 valence electrons. The highest BCUT2D eigenvalue weighted by atomic mass is 16.5. The smallest absolute Gasteiger partial charge is 0.319 e. The first kappa shape index (κ1) is 17.2. The molecule has 1 aliphatic heterocycles. The van der Waals surface area contributed by atoms with Crippen molar-refractivity contribution in [1.82, 2.24) is 30.4 Å². The minimum atomic E-state index is -0.209. The van der Waals surface area contributed by atoms with Gasteiger partial charge in [0.2, 0.25) is 0 Å². The van der Waals surface area contributed by atoms with Gasteiger partial charge in [0.05, 0.1) is 7.11 Å². The third-order valence-corrected chi connectivity index (χ3v) is 4.34. The predicted molar refractivity (Wildman–Crippen MR) is 93.1 cm³/mol. The van der Waals surface area contributed by atoms with Gasteiger partial charge in [0, 0.05) is 11.7 Å². The molecule has 2 amide bonds. The highest BCUT2D eigenvalue weighted by molar-refractivity contribution is 5.90. The summed E-state index contributed by atoms with van der Waals surface area (Å²) in [5, 5.41) is 17.4. The Labute approximate surface area is 146 Å². The van der Waals surface area contributed by atoms with Gasteiger partial charge in [0.15, 0.2) is 5.82 Å². The molecular weight excluding hydrogens is 322 g/mol. The minimum absolute atomic E-state index is 0.204. The highest BCUT2D eigenvalue weighted by Gasteiger charge is 2.19. The molecule has 0 saturated carbocycles. The van der Waals surface area contributed by atoms with Crippen LogP contribution in [0.3, 0.4) is 0 Å². The summed E-state index contributed by atoms with van der Waals surface area (Å²) in [5.41, 5.74) is 1.32. The summed E-state index contributed by atoms with van der Waals surface area (Å²) in [6.45, 7) is 3.79. The molecule has 25 heavy (non-hydrogen) atoms. The molecular formula is C16H23N7O2. The van der Waals surface area contributed by atoms with Crippen molar-refractivity contribution >= 4 is 11.7 Å². The first-order chi connectivity index (χ1) is 12.1. The number of likely N-dealkylation sites (tertiary alicyclic amines) is 1. The third-order valence-electron chi connectivity index (χ3n) is 4.34. The van der Waals surface area contributed by atoms with Gasteiger partial charge in [-0.15, -0.1) is 5.10 Å². The van der Waals surface area contributed by atoms with Gasteiger partial charge in [-0.3, -0.25) is 0 Å². The van der Waals surface area contributed by atoms with E-state index in [-0.39, 0.29) is 12.1 Å². The molecule has 3 rings (SSSR count). The Balaban J connectivity index is 1.70. The molecule has 1 aliphatic rings. The second kappa shape index (κ2) is 7.47. The lowest BCUT2D eigenvalue weighted by Crippen LogP contribution is -2.44. The van der Waals surface area contributed by atoms with Crippen LogP contribution in [0.4, 0.5) is 10.5 Å². The quantitative estimate of drug-likeness (QED) is 0.864. The summed E-state index contributed by atoms with van der Waals surface area (Å²) < 4.78 is 6.93. The van der Waals surface area contributed by atoms with E-state index in [9.17, 15) is 4.79 Å². The summed E-state index contributed by atoms with van der Waals surface area (Å²) in [5.74, 6) is 1.25. The number of nitrogens with zero attached hydrogens (tertiary/aromatic N) is 5. The first-order valence-electron chi connectivity index (χ1n) is 8.26. The van der Waals surface area contributed by atoms with Crippen LogP contribution in [0.15, 0.2) is 18.2 Å². The number of hydrogen-bond acceptors (Lipinski definition) is 6. The van der Waals surface area contributed by atoms with Crippen LogP contribution in [0, 0.1) is 6.92 Å². The molecule has 2 heterocycles. The van der Waals surface area contributed by atoms with Crippen molar-refractivity contribution in [3.05, 3.63) is 24.0 Å². The SMILES string of the molecule is COc1ccc(NC(=O)NC2CCN(C)CC2)cc1-n1nnnc1C. The normalized spacial score (nSPS) is 15.8. The number of methoxy groups -OCH3 is 1. The molecule has 0 spiro atoms. The van der Waals surface area contributed by atoms with Crippen LogP contribution in [0.2, 0.25) is 0 Å². The Hall–Kier alpha value is -2.68. The minimum Gasteiger partial charge on any atom is -0.494 e. The number of aryl methyl sites for hydroxylation is 1. The lowest BCUT2D eigenvalue weighted by atomic mass is 10.1. The summed E-state index contributed by atoms with van der Waals surface area (Å²) in [6.07, 6.45) is 1.92. The van der Waals surface area contributed by atoms with Gasteiger partial charge in [0.1, 0.15) is 11.4 Å². The number of carbonyl (C=O) groups excluding carboxylic acids is 1. The summed E-state index contributed by atoms with van der Waals surface area (Å²) in [6, 6.07) is 5.35. The van der Waals surface area contributed by atoms with Crippen LogP contribution in [0.5, 0.6) is 5.75 Å². The van der Waals surface area contributed by atoms with Gasteiger partial charge >= 0.3 is 6.03 Å². The number of rotatable bonds is 4. The molecule has 2 aromatic rings. The van der Waals surface area contributed by atoms with Crippen molar-refractivity contribution in [3.63, 3.8) is 0 Å². The zero-order valence-corrected chi connectivity index (χ0v) is 14.7. The first-order valence-corrected chi connectivity index (χ1v) is 8.26. The number of benzene rings is 1. The second-order valence-corrected chi connectivity index (χ2v) is 6.20. The molecule has 2 N–H and O–H groups in total. The van der Waals surface area contributed by atoms with Crippen LogP contribution in [0.25, 0.3) is 5.69 Å². The fourth-order valence-corrected chi connectivity index (χ4v) is 2.89. The van der Waals surface area contributed by atoms with Crippen molar-refractivity contribution < 1.29 is 9.53 Å². The number of ether oxygens (including phenoxy) is 1. The van der Waals surface area contributed by atoms with Gasteiger partial charge < -0.3 is 20.3 Å². The number of nitrogens with one attached hydrogen (secondary N) is 2. The van der Waals surface area contributed by atoms with E-state index in [4.69, 9.17) is 4.74 Å². The van der Waals surface area contributed by atoms with E-state index < -0.39 is 0 Å². The molecule has 9 heteroatoms. The zero-order chi connectivity index (χ0) is 17.8. The van der Waals surface area contributed by atoms with Crippen molar-refractivity contribution in [2.24, 2.45) is 0 Å². The van der Waals surface area contributed by atoms with Crippen molar-refractivity contribution in [2.75, 3.05) is 32.6 Å².